The van der Waals surface area contributed by atoms with E-state index in [0.717, 1.165) is 0 Å². The first-order valence-corrected chi connectivity index (χ1v) is 7.32. The summed E-state index contributed by atoms with van der Waals surface area (Å²) in [5.74, 6) is -0.891. The van der Waals surface area contributed by atoms with Crippen LogP contribution >= 0.6 is 50.9 Å². The van der Waals surface area contributed by atoms with Crippen molar-refractivity contribution in [2.75, 3.05) is 5.75 Å². The molecule has 0 aliphatic heterocycles. The molecule has 1 aromatic heterocycles. The molecule has 2 nitrogen and oxygen atoms in total. The first kappa shape index (κ1) is 14.2. The van der Waals surface area contributed by atoms with Crippen molar-refractivity contribution in [2.45, 2.75) is 12.1 Å². The topological polar surface area (TPSA) is 25.8 Å². The van der Waals surface area contributed by atoms with Gasteiger partial charge in [-0.15, -0.1) is 0 Å². The van der Waals surface area contributed by atoms with Gasteiger partial charge in [-0.05, 0) is 21.7 Å². The van der Waals surface area contributed by atoms with Crippen molar-refractivity contribution in [3.63, 3.8) is 0 Å². The highest BCUT2D eigenvalue weighted by molar-refractivity contribution is 9.10. The van der Waals surface area contributed by atoms with Gasteiger partial charge in [-0.3, -0.25) is 0 Å². The molecule has 0 spiro atoms. The quantitative estimate of drug-likeness (QED) is 0.241. The summed E-state index contributed by atoms with van der Waals surface area (Å²) in [5.41, 5.74) is -0.181. The lowest BCUT2D eigenvalue weighted by molar-refractivity contribution is 0.607. The van der Waals surface area contributed by atoms with E-state index >= 15 is 0 Å². The average molecular weight is 374 g/mol. The molecule has 8 heteroatoms. The highest BCUT2D eigenvalue weighted by Crippen LogP contribution is 2.37. The van der Waals surface area contributed by atoms with Crippen LogP contribution in [0.2, 0.25) is 10.2 Å². The Balaban J connectivity index is 2.88. The molecule has 0 aliphatic carbocycles. The fourth-order valence-electron chi connectivity index (χ4n) is 1.37. The maximum Gasteiger partial charge on any atom is 0.189 e. The molecule has 2 aromatic rings. The zero-order valence-electron chi connectivity index (χ0n) is 8.90. The molecule has 0 radical (unpaired) electrons. The first-order valence-electron chi connectivity index (χ1n) is 4.79. The highest BCUT2D eigenvalue weighted by atomic mass is 79.9. The zero-order chi connectivity index (χ0) is 13.4. The first-order chi connectivity index (χ1) is 8.47. The van der Waals surface area contributed by atoms with Gasteiger partial charge in [0.25, 0.3) is 0 Å². The third-order valence-electron chi connectivity index (χ3n) is 2.12. The summed E-state index contributed by atoms with van der Waals surface area (Å²) in [6, 6.07) is 0. The Labute approximate surface area is 124 Å². The number of aromatic nitrogens is 2. The number of hydrogen-bond donors (Lipinski definition) is 0. The SMILES string of the molecule is CCSc1nc(Cl)c2c(F)c(Cl)c(Br)c(F)c2n1. The largest absolute Gasteiger partial charge is 0.219 e. The molecule has 0 saturated carbocycles. The molecule has 2 rings (SSSR count). The Morgan fingerprint density at radius 2 is 1.89 bits per heavy atom. The maximum atomic E-state index is 14.0. The number of benzene rings is 1. The molecule has 0 bridgehead atoms. The maximum absolute atomic E-state index is 14.0. The van der Waals surface area contributed by atoms with Gasteiger partial charge in [0.15, 0.2) is 16.8 Å². The summed E-state index contributed by atoms with van der Waals surface area (Å²) in [4.78, 5) is 7.85. The van der Waals surface area contributed by atoms with Crippen LogP contribution in [0.15, 0.2) is 9.63 Å². The number of thioether (sulfide) groups is 1. The second-order valence-corrected chi connectivity index (χ2v) is 5.97. The van der Waals surface area contributed by atoms with Crippen LogP contribution in [0.5, 0.6) is 0 Å². The van der Waals surface area contributed by atoms with Crippen LogP contribution in [0, 0.1) is 11.6 Å². The molecule has 0 unspecified atom stereocenters. The molecule has 0 saturated heterocycles. The molecule has 1 heterocycles. The summed E-state index contributed by atoms with van der Waals surface area (Å²) in [5, 5.41) is -0.437. The van der Waals surface area contributed by atoms with Crippen LogP contribution in [-0.4, -0.2) is 15.7 Å². The smallest absolute Gasteiger partial charge is 0.189 e. The minimum atomic E-state index is -0.835. The molecule has 0 fully saturated rings. The van der Waals surface area contributed by atoms with Crippen molar-refractivity contribution in [1.82, 2.24) is 9.97 Å². The van der Waals surface area contributed by atoms with E-state index in [-0.39, 0.29) is 25.6 Å². The minimum Gasteiger partial charge on any atom is -0.219 e. The van der Waals surface area contributed by atoms with Crippen molar-refractivity contribution in [3.8, 4) is 0 Å². The Morgan fingerprint density at radius 1 is 1.22 bits per heavy atom. The van der Waals surface area contributed by atoms with Gasteiger partial charge in [0, 0.05) is 0 Å². The molecule has 0 aliphatic rings. The van der Waals surface area contributed by atoms with Crippen LogP contribution in [0.25, 0.3) is 10.9 Å². The Hall–Kier alpha value is -0.170. The van der Waals surface area contributed by atoms with Crippen LogP contribution in [-0.2, 0) is 0 Å². The van der Waals surface area contributed by atoms with E-state index in [2.05, 4.69) is 25.9 Å². The number of hydrogen-bond acceptors (Lipinski definition) is 3. The lowest BCUT2D eigenvalue weighted by Gasteiger charge is -2.08. The molecule has 0 N–H and O–H groups in total. The fraction of sp³-hybridized carbons (Fsp3) is 0.200. The minimum absolute atomic E-state index is 0.151. The third-order valence-corrected chi connectivity index (χ3v) is 4.45. The van der Waals surface area contributed by atoms with E-state index in [1.54, 1.807) is 0 Å². The van der Waals surface area contributed by atoms with Gasteiger partial charge in [-0.25, -0.2) is 18.7 Å². The molecule has 0 amide bonds. The lowest BCUT2D eigenvalue weighted by atomic mass is 10.2. The lowest BCUT2D eigenvalue weighted by Crippen LogP contribution is -1.97. The molecule has 96 valence electrons. The number of rotatable bonds is 2. The van der Waals surface area contributed by atoms with Crippen molar-refractivity contribution < 1.29 is 8.78 Å². The number of fused-ring (bicyclic) bond motifs is 1. The molecular weight excluding hydrogens is 369 g/mol. The normalized spacial score (nSPS) is 11.2. The van der Waals surface area contributed by atoms with E-state index in [4.69, 9.17) is 23.2 Å². The van der Waals surface area contributed by atoms with E-state index in [1.807, 2.05) is 6.92 Å². The Bertz CT molecular complexity index is 639. The van der Waals surface area contributed by atoms with Gasteiger partial charge in [0.1, 0.15) is 10.7 Å². The van der Waals surface area contributed by atoms with E-state index in [9.17, 15) is 8.78 Å². The number of nitrogens with zero attached hydrogens (tertiary/aromatic N) is 2. The predicted molar refractivity (Wildman–Crippen MR) is 73.6 cm³/mol. The van der Waals surface area contributed by atoms with Crippen molar-refractivity contribution in [1.29, 1.82) is 0 Å². The molecule has 0 atom stereocenters. The second-order valence-electron chi connectivity index (χ2n) is 3.21. The molecule has 18 heavy (non-hydrogen) atoms. The summed E-state index contributed by atoms with van der Waals surface area (Å²) >= 11 is 15.7. The van der Waals surface area contributed by atoms with Gasteiger partial charge in [-0.1, -0.05) is 41.9 Å². The summed E-state index contributed by atoms with van der Waals surface area (Å²) in [6.45, 7) is 1.89. The average Bonchev–Trinajstić information content (AvgIpc) is 2.33. The van der Waals surface area contributed by atoms with E-state index < -0.39 is 11.6 Å². The summed E-state index contributed by atoms with van der Waals surface area (Å²) in [6.07, 6.45) is 0. The van der Waals surface area contributed by atoms with Crippen LogP contribution in [0.4, 0.5) is 8.78 Å². The monoisotopic (exact) mass is 372 g/mol. The summed E-state index contributed by atoms with van der Waals surface area (Å²) < 4.78 is 27.7. The van der Waals surface area contributed by atoms with Gasteiger partial charge < -0.3 is 0 Å². The van der Waals surface area contributed by atoms with Gasteiger partial charge in [-0.2, -0.15) is 0 Å². The zero-order valence-corrected chi connectivity index (χ0v) is 12.8. The van der Waals surface area contributed by atoms with Gasteiger partial charge >= 0.3 is 0 Å². The van der Waals surface area contributed by atoms with E-state index in [0.29, 0.717) is 10.9 Å². The van der Waals surface area contributed by atoms with Crippen LogP contribution < -0.4 is 0 Å². The standard InChI is InChI=1S/C10H5BrCl2F2N2S/c1-2-18-10-16-8-3(9(13)17-10)6(14)5(12)4(11)7(8)15/h2H2,1H3. The predicted octanol–water partition coefficient (Wildman–Crippen LogP) is 5.09. The Morgan fingerprint density at radius 3 is 2.50 bits per heavy atom. The fourth-order valence-corrected chi connectivity index (χ4v) is 2.78. The van der Waals surface area contributed by atoms with Crippen LogP contribution in [0.1, 0.15) is 6.92 Å². The third kappa shape index (κ3) is 2.31. The van der Waals surface area contributed by atoms with Gasteiger partial charge in [0.2, 0.25) is 0 Å². The van der Waals surface area contributed by atoms with E-state index in [1.165, 1.54) is 11.8 Å². The van der Waals surface area contributed by atoms with Crippen molar-refractivity contribution in [3.05, 3.63) is 26.3 Å². The summed E-state index contributed by atoms with van der Waals surface area (Å²) in [7, 11) is 0. The van der Waals surface area contributed by atoms with Gasteiger partial charge in [0.05, 0.1) is 14.9 Å². The second kappa shape index (κ2) is 5.45. The Kier molecular flexibility index (Phi) is 4.31. The molecule has 1 aromatic carbocycles. The van der Waals surface area contributed by atoms with Crippen LogP contribution in [0.3, 0.4) is 0 Å². The van der Waals surface area contributed by atoms with Crippen molar-refractivity contribution >= 4 is 61.8 Å². The highest BCUT2D eigenvalue weighted by Gasteiger charge is 2.21. The molecular formula is C10H5BrCl2F2N2S. The van der Waals surface area contributed by atoms with Crippen molar-refractivity contribution in [2.24, 2.45) is 0 Å². The number of halogens is 5.